The fourth-order valence-electron chi connectivity index (χ4n) is 2.64. The van der Waals surface area contributed by atoms with Gasteiger partial charge in [0.15, 0.2) is 0 Å². The van der Waals surface area contributed by atoms with E-state index in [0.717, 1.165) is 41.3 Å². The van der Waals surface area contributed by atoms with E-state index in [1.807, 2.05) is 30.3 Å². The van der Waals surface area contributed by atoms with Gasteiger partial charge in [-0.2, -0.15) is 0 Å². The van der Waals surface area contributed by atoms with Crippen molar-refractivity contribution in [3.05, 3.63) is 42.0 Å². The largest absolute Gasteiger partial charge is 0.496 e. The van der Waals surface area contributed by atoms with Crippen molar-refractivity contribution >= 4 is 10.8 Å². The monoisotopic (exact) mass is 228 g/mol. The van der Waals surface area contributed by atoms with E-state index in [1.165, 1.54) is 0 Å². The van der Waals surface area contributed by atoms with E-state index in [0.29, 0.717) is 0 Å². The highest BCUT2D eigenvalue weighted by Crippen LogP contribution is 2.45. The number of hydrogen-bond donors (Lipinski definition) is 1. The number of fused-ring (bicyclic) bond motifs is 1. The first kappa shape index (κ1) is 10.6. The van der Waals surface area contributed by atoms with Crippen LogP contribution in [-0.4, -0.2) is 12.2 Å². The van der Waals surface area contributed by atoms with Crippen LogP contribution in [-0.2, 0) is 5.60 Å². The van der Waals surface area contributed by atoms with Crippen LogP contribution in [0.25, 0.3) is 10.8 Å². The van der Waals surface area contributed by atoms with Crippen LogP contribution in [0.4, 0.5) is 0 Å². The van der Waals surface area contributed by atoms with Crippen molar-refractivity contribution < 1.29 is 9.84 Å². The number of hydrogen-bond acceptors (Lipinski definition) is 2. The third-order valence-corrected chi connectivity index (χ3v) is 3.79. The molecule has 2 aromatic carbocycles. The van der Waals surface area contributed by atoms with Gasteiger partial charge in [-0.3, -0.25) is 0 Å². The molecule has 0 spiro atoms. The Bertz CT molecular complexity index is 556. The minimum atomic E-state index is -0.619. The third-order valence-electron chi connectivity index (χ3n) is 3.79. The number of benzene rings is 2. The minimum absolute atomic E-state index is 0.619. The van der Waals surface area contributed by atoms with Crippen LogP contribution < -0.4 is 4.74 Å². The van der Waals surface area contributed by atoms with E-state index in [1.54, 1.807) is 7.11 Å². The van der Waals surface area contributed by atoms with Gasteiger partial charge in [-0.05, 0) is 36.3 Å². The molecule has 0 bridgehead atoms. The van der Waals surface area contributed by atoms with Crippen molar-refractivity contribution in [3.63, 3.8) is 0 Å². The first-order valence-electron chi connectivity index (χ1n) is 6.03. The van der Waals surface area contributed by atoms with Gasteiger partial charge in [-0.1, -0.05) is 30.3 Å². The van der Waals surface area contributed by atoms with Gasteiger partial charge in [0.1, 0.15) is 5.75 Å². The molecule has 2 heteroatoms. The third kappa shape index (κ3) is 1.52. The summed E-state index contributed by atoms with van der Waals surface area (Å²) in [6.45, 7) is 0. The van der Waals surface area contributed by atoms with E-state index in [9.17, 15) is 5.11 Å². The Kier molecular flexibility index (Phi) is 2.33. The SMILES string of the molecule is COc1ccc(C2(O)CCC2)c2ccccc12. The number of aliphatic hydroxyl groups is 1. The van der Waals surface area contributed by atoms with Crippen LogP contribution in [0.5, 0.6) is 5.75 Å². The van der Waals surface area contributed by atoms with Crippen LogP contribution in [0, 0.1) is 0 Å². The molecule has 1 N–H and O–H groups in total. The minimum Gasteiger partial charge on any atom is -0.496 e. The van der Waals surface area contributed by atoms with E-state index in [4.69, 9.17) is 4.74 Å². The van der Waals surface area contributed by atoms with Crippen molar-refractivity contribution in [3.8, 4) is 5.75 Å². The first-order chi connectivity index (χ1) is 8.24. The van der Waals surface area contributed by atoms with Gasteiger partial charge >= 0.3 is 0 Å². The molecule has 0 heterocycles. The highest BCUT2D eigenvalue weighted by Gasteiger charge is 2.37. The Morgan fingerprint density at radius 1 is 1.06 bits per heavy atom. The van der Waals surface area contributed by atoms with Crippen LogP contribution in [0.2, 0.25) is 0 Å². The molecule has 0 aliphatic heterocycles. The molecule has 1 aliphatic rings. The average molecular weight is 228 g/mol. The molecule has 0 saturated heterocycles. The Balaban J connectivity index is 2.27. The standard InChI is InChI=1S/C15H16O2/c1-17-14-8-7-13(15(16)9-4-10-15)11-5-2-3-6-12(11)14/h2-3,5-8,16H,4,9-10H2,1H3. The zero-order valence-electron chi connectivity index (χ0n) is 9.94. The molecular weight excluding hydrogens is 212 g/mol. The van der Waals surface area contributed by atoms with Gasteiger partial charge in [0, 0.05) is 5.39 Å². The maximum absolute atomic E-state index is 10.5. The molecule has 1 fully saturated rings. The zero-order valence-corrected chi connectivity index (χ0v) is 9.94. The van der Waals surface area contributed by atoms with Gasteiger partial charge in [0.2, 0.25) is 0 Å². The normalized spacial score (nSPS) is 17.8. The Labute approximate surface area is 101 Å². The summed E-state index contributed by atoms with van der Waals surface area (Å²) < 4.78 is 5.37. The van der Waals surface area contributed by atoms with Crippen molar-refractivity contribution in [1.29, 1.82) is 0 Å². The summed E-state index contributed by atoms with van der Waals surface area (Å²) in [5.41, 5.74) is 0.423. The van der Waals surface area contributed by atoms with Crippen molar-refractivity contribution in [1.82, 2.24) is 0 Å². The lowest BCUT2D eigenvalue weighted by atomic mass is 9.73. The number of rotatable bonds is 2. The summed E-state index contributed by atoms with van der Waals surface area (Å²) in [6, 6.07) is 12.1. The Morgan fingerprint density at radius 3 is 2.35 bits per heavy atom. The second kappa shape index (κ2) is 3.74. The quantitative estimate of drug-likeness (QED) is 0.855. The van der Waals surface area contributed by atoms with Gasteiger partial charge in [-0.15, -0.1) is 0 Å². The molecule has 0 unspecified atom stereocenters. The predicted octanol–water partition coefficient (Wildman–Crippen LogP) is 3.22. The zero-order chi connectivity index (χ0) is 11.9. The molecule has 2 nitrogen and oxygen atoms in total. The smallest absolute Gasteiger partial charge is 0.126 e. The predicted molar refractivity (Wildman–Crippen MR) is 68.2 cm³/mol. The second-order valence-corrected chi connectivity index (χ2v) is 4.75. The number of methoxy groups -OCH3 is 1. The van der Waals surface area contributed by atoms with Crippen molar-refractivity contribution in [2.45, 2.75) is 24.9 Å². The summed E-state index contributed by atoms with van der Waals surface area (Å²) >= 11 is 0. The molecule has 0 atom stereocenters. The molecule has 1 aliphatic carbocycles. The summed E-state index contributed by atoms with van der Waals surface area (Å²) in [4.78, 5) is 0. The molecule has 88 valence electrons. The highest BCUT2D eigenvalue weighted by molar-refractivity contribution is 5.91. The summed E-state index contributed by atoms with van der Waals surface area (Å²) in [5, 5.41) is 12.7. The summed E-state index contributed by atoms with van der Waals surface area (Å²) in [6.07, 6.45) is 2.84. The molecule has 17 heavy (non-hydrogen) atoms. The fourth-order valence-corrected chi connectivity index (χ4v) is 2.64. The molecular formula is C15H16O2. The van der Waals surface area contributed by atoms with Gasteiger partial charge in [-0.25, -0.2) is 0 Å². The lowest BCUT2D eigenvalue weighted by Gasteiger charge is -2.38. The van der Waals surface area contributed by atoms with Crippen LogP contribution in [0.15, 0.2) is 36.4 Å². The topological polar surface area (TPSA) is 29.5 Å². The van der Waals surface area contributed by atoms with E-state index >= 15 is 0 Å². The van der Waals surface area contributed by atoms with Gasteiger partial charge < -0.3 is 9.84 Å². The lowest BCUT2D eigenvalue weighted by Crippen LogP contribution is -2.33. The van der Waals surface area contributed by atoms with E-state index in [-0.39, 0.29) is 0 Å². The Morgan fingerprint density at radius 2 is 1.76 bits per heavy atom. The lowest BCUT2D eigenvalue weighted by molar-refractivity contribution is -0.0374. The molecule has 3 rings (SSSR count). The van der Waals surface area contributed by atoms with Crippen LogP contribution in [0.3, 0.4) is 0 Å². The summed E-state index contributed by atoms with van der Waals surface area (Å²) in [5.74, 6) is 0.868. The maximum atomic E-state index is 10.5. The average Bonchev–Trinajstić information content (AvgIpc) is 2.34. The molecule has 0 aromatic heterocycles. The second-order valence-electron chi connectivity index (χ2n) is 4.75. The van der Waals surface area contributed by atoms with Crippen molar-refractivity contribution in [2.24, 2.45) is 0 Å². The molecule has 0 amide bonds. The number of ether oxygens (including phenoxy) is 1. The fraction of sp³-hybridized carbons (Fsp3) is 0.333. The molecule has 2 aromatic rings. The van der Waals surface area contributed by atoms with Crippen LogP contribution in [0.1, 0.15) is 24.8 Å². The highest BCUT2D eigenvalue weighted by atomic mass is 16.5. The van der Waals surface area contributed by atoms with E-state index < -0.39 is 5.60 Å². The van der Waals surface area contributed by atoms with Gasteiger partial charge in [0.05, 0.1) is 12.7 Å². The molecule has 1 saturated carbocycles. The van der Waals surface area contributed by atoms with Crippen molar-refractivity contribution in [2.75, 3.05) is 7.11 Å². The van der Waals surface area contributed by atoms with Gasteiger partial charge in [0.25, 0.3) is 0 Å². The first-order valence-corrected chi connectivity index (χ1v) is 6.03. The maximum Gasteiger partial charge on any atom is 0.126 e. The summed E-state index contributed by atoms with van der Waals surface area (Å²) in [7, 11) is 1.68. The van der Waals surface area contributed by atoms with E-state index in [2.05, 4.69) is 6.07 Å². The Hall–Kier alpha value is -1.54. The van der Waals surface area contributed by atoms with Crippen LogP contribution >= 0.6 is 0 Å². The molecule has 0 radical (unpaired) electrons.